The summed E-state index contributed by atoms with van der Waals surface area (Å²) < 4.78 is 2.19. The van der Waals surface area contributed by atoms with Gasteiger partial charge in [-0.1, -0.05) is 50.9 Å². The third-order valence-electron chi connectivity index (χ3n) is 3.11. The Labute approximate surface area is 141 Å². The molecule has 2 atom stereocenters. The highest BCUT2D eigenvalue weighted by Gasteiger charge is 2.20. The maximum atomic E-state index is 6.33. The third kappa shape index (κ3) is 4.35. The van der Waals surface area contributed by atoms with E-state index in [0.717, 1.165) is 15.4 Å². The lowest BCUT2D eigenvalue weighted by Crippen LogP contribution is -2.25. The summed E-state index contributed by atoms with van der Waals surface area (Å²) in [5.74, 6) is 0. The number of benzene rings is 2. The monoisotopic (exact) mass is 413 g/mol. The van der Waals surface area contributed by atoms with E-state index >= 15 is 0 Å². The van der Waals surface area contributed by atoms with E-state index in [2.05, 4.69) is 81.2 Å². The number of thioether (sulfide) groups is 1. The van der Waals surface area contributed by atoms with Crippen molar-refractivity contribution in [1.29, 1.82) is 0 Å². The Kier molecular flexibility index (Phi) is 6.15. The molecule has 0 amide bonds. The van der Waals surface area contributed by atoms with E-state index in [0.29, 0.717) is 0 Å². The van der Waals surface area contributed by atoms with Crippen LogP contribution in [0.4, 0.5) is 0 Å². The van der Waals surface area contributed by atoms with Crippen molar-refractivity contribution in [2.45, 2.75) is 29.5 Å². The van der Waals surface area contributed by atoms with Crippen LogP contribution in [-0.2, 0) is 0 Å². The van der Waals surface area contributed by atoms with Crippen LogP contribution in [0.25, 0.3) is 0 Å². The molecule has 2 aromatic rings. The average molecular weight is 415 g/mol. The van der Waals surface area contributed by atoms with Gasteiger partial charge in [0.15, 0.2) is 0 Å². The number of nitrogens with two attached hydrogens (primary N) is 1. The van der Waals surface area contributed by atoms with Crippen LogP contribution >= 0.6 is 43.6 Å². The van der Waals surface area contributed by atoms with E-state index in [9.17, 15) is 0 Å². The van der Waals surface area contributed by atoms with E-state index in [4.69, 9.17) is 5.73 Å². The first-order valence-electron chi connectivity index (χ1n) is 6.53. The second-order valence-corrected chi connectivity index (χ2v) is 7.67. The molecule has 0 aromatic heterocycles. The summed E-state index contributed by atoms with van der Waals surface area (Å²) in [4.78, 5) is 1.24. The summed E-state index contributed by atoms with van der Waals surface area (Å²) in [5.41, 5.74) is 7.60. The Morgan fingerprint density at radius 3 is 2.35 bits per heavy atom. The fourth-order valence-corrected chi connectivity index (χ4v) is 3.88. The van der Waals surface area contributed by atoms with Gasteiger partial charge >= 0.3 is 0 Å². The molecule has 20 heavy (non-hydrogen) atoms. The Balaban J connectivity index is 2.26. The van der Waals surface area contributed by atoms with Gasteiger partial charge in [0.25, 0.3) is 0 Å². The van der Waals surface area contributed by atoms with Crippen molar-refractivity contribution in [2.24, 2.45) is 5.73 Å². The molecule has 0 saturated carbocycles. The molecule has 0 saturated heterocycles. The van der Waals surface area contributed by atoms with Crippen LogP contribution in [0.15, 0.2) is 62.4 Å². The van der Waals surface area contributed by atoms with Gasteiger partial charge in [-0.15, -0.1) is 11.8 Å². The van der Waals surface area contributed by atoms with Crippen molar-refractivity contribution in [1.82, 2.24) is 0 Å². The maximum Gasteiger partial charge on any atom is 0.0495 e. The zero-order valence-electron chi connectivity index (χ0n) is 11.2. The van der Waals surface area contributed by atoms with Gasteiger partial charge in [-0.2, -0.15) is 0 Å². The molecule has 0 fully saturated rings. The van der Waals surface area contributed by atoms with Crippen molar-refractivity contribution in [3.05, 3.63) is 63.0 Å². The molecule has 0 radical (unpaired) electrons. The topological polar surface area (TPSA) is 26.0 Å². The molecule has 106 valence electrons. The normalized spacial score (nSPS) is 14.0. The lowest BCUT2D eigenvalue weighted by molar-refractivity contribution is 0.634. The molecule has 1 nitrogen and oxygen atoms in total. The third-order valence-corrected chi connectivity index (χ3v) is 5.56. The van der Waals surface area contributed by atoms with Gasteiger partial charge in [0.1, 0.15) is 0 Å². The zero-order valence-corrected chi connectivity index (χ0v) is 15.2. The van der Waals surface area contributed by atoms with Crippen molar-refractivity contribution in [2.75, 3.05) is 0 Å². The zero-order chi connectivity index (χ0) is 14.5. The fourth-order valence-electron chi connectivity index (χ4n) is 1.96. The van der Waals surface area contributed by atoms with Gasteiger partial charge in [0.2, 0.25) is 0 Å². The van der Waals surface area contributed by atoms with Gasteiger partial charge < -0.3 is 5.73 Å². The van der Waals surface area contributed by atoms with E-state index in [1.54, 1.807) is 0 Å². The van der Waals surface area contributed by atoms with Gasteiger partial charge in [0.05, 0.1) is 0 Å². The molecule has 0 bridgehead atoms. The first-order valence-corrected chi connectivity index (χ1v) is 9.00. The quantitative estimate of drug-likeness (QED) is 0.627. The van der Waals surface area contributed by atoms with Crippen LogP contribution in [0.1, 0.15) is 24.2 Å². The summed E-state index contributed by atoms with van der Waals surface area (Å²) in [5, 5.41) is 0.263. The molecule has 0 aliphatic carbocycles. The average Bonchev–Trinajstić information content (AvgIpc) is 2.46. The molecular formula is C16H17Br2NS. The van der Waals surface area contributed by atoms with Crippen molar-refractivity contribution in [3.8, 4) is 0 Å². The largest absolute Gasteiger partial charge is 0.326 e. The molecule has 4 heteroatoms. The summed E-state index contributed by atoms with van der Waals surface area (Å²) in [6, 6.07) is 16.9. The minimum atomic E-state index is 0.137. The predicted octanol–water partition coefficient (Wildman–Crippen LogP) is 5.78. The first-order chi connectivity index (χ1) is 9.60. The summed E-state index contributed by atoms with van der Waals surface area (Å²) in [6.07, 6.45) is 0.959. The number of rotatable bonds is 5. The van der Waals surface area contributed by atoms with Crippen LogP contribution in [0.2, 0.25) is 0 Å². The minimum Gasteiger partial charge on any atom is -0.326 e. The van der Waals surface area contributed by atoms with Crippen LogP contribution in [-0.4, -0.2) is 6.04 Å². The van der Waals surface area contributed by atoms with Crippen LogP contribution < -0.4 is 5.73 Å². The predicted molar refractivity (Wildman–Crippen MR) is 95.1 cm³/mol. The Bertz CT molecular complexity index is 557. The molecule has 0 heterocycles. The lowest BCUT2D eigenvalue weighted by Gasteiger charge is -2.23. The van der Waals surface area contributed by atoms with Crippen molar-refractivity contribution < 1.29 is 0 Å². The SMILES string of the molecule is CCC(N)C(Sc1ccc(Br)cc1)c1cccc(Br)c1. The van der Waals surface area contributed by atoms with E-state index in [1.165, 1.54) is 10.5 Å². The molecule has 2 N–H and O–H groups in total. The van der Waals surface area contributed by atoms with E-state index in [1.807, 2.05) is 17.8 Å². The minimum absolute atomic E-state index is 0.137. The van der Waals surface area contributed by atoms with Crippen LogP contribution in [0, 0.1) is 0 Å². The molecule has 2 unspecified atom stereocenters. The number of halogens is 2. The first kappa shape index (κ1) is 16.1. The summed E-state index contributed by atoms with van der Waals surface area (Å²) in [7, 11) is 0. The lowest BCUT2D eigenvalue weighted by atomic mass is 10.0. The highest BCUT2D eigenvalue weighted by molar-refractivity contribution is 9.10. The number of hydrogen-bond acceptors (Lipinski definition) is 2. The van der Waals surface area contributed by atoms with Gasteiger partial charge in [0, 0.05) is 25.1 Å². The maximum absolute atomic E-state index is 6.33. The van der Waals surface area contributed by atoms with Gasteiger partial charge in [-0.25, -0.2) is 0 Å². The van der Waals surface area contributed by atoms with Gasteiger partial charge in [-0.05, 0) is 48.4 Å². The van der Waals surface area contributed by atoms with Gasteiger partial charge in [-0.3, -0.25) is 0 Å². The molecule has 0 spiro atoms. The Hall–Kier alpha value is -0.290. The van der Waals surface area contributed by atoms with Crippen molar-refractivity contribution in [3.63, 3.8) is 0 Å². The fraction of sp³-hybridized carbons (Fsp3) is 0.250. The summed E-state index contributed by atoms with van der Waals surface area (Å²) >= 11 is 8.83. The molecular weight excluding hydrogens is 398 g/mol. The molecule has 0 aliphatic rings. The molecule has 2 rings (SSSR count). The molecule has 2 aromatic carbocycles. The second-order valence-electron chi connectivity index (χ2n) is 4.62. The highest BCUT2D eigenvalue weighted by Crippen LogP contribution is 2.39. The number of hydrogen-bond donors (Lipinski definition) is 1. The van der Waals surface area contributed by atoms with Crippen molar-refractivity contribution >= 4 is 43.6 Å². The second kappa shape index (κ2) is 7.64. The van der Waals surface area contributed by atoms with Crippen LogP contribution in [0.3, 0.4) is 0 Å². The van der Waals surface area contributed by atoms with E-state index in [-0.39, 0.29) is 11.3 Å². The summed E-state index contributed by atoms with van der Waals surface area (Å²) in [6.45, 7) is 2.14. The van der Waals surface area contributed by atoms with E-state index < -0.39 is 0 Å². The van der Waals surface area contributed by atoms with Crippen LogP contribution in [0.5, 0.6) is 0 Å². The Morgan fingerprint density at radius 2 is 1.75 bits per heavy atom. The standard InChI is InChI=1S/C16H17Br2NS/c1-2-15(19)16(11-4-3-5-13(18)10-11)20-14-8-6-12(17)7-9-14/h3-10,15-16H,2,19H2,1H3. The Morgan fingerprint density at radius 1 is 1.05 bits per heavy atom. The highest BCUT2D eigenvalue weighted by atomic mass is 79.9. The molecule has 0 aliphatic heterocycles. The smallest absolute Gasteiger partial charge is 0.0495 e.